The highest BCUT2D eigenvalue weighted by Crippen LogP contribution is 2.48. The summed E-state index contributed by atoms with van der Waals surface area (Å²) in [5, 5.41) is 24.9. The third-order valence-corrected chi connectivity index (χ3v) is 28.5. The molecule has 0 unspecified atom stereocenters. The van der Waals surface area contributed by atoms with E-state index >= 15 is 0 Å². The minimum absolute atomic E-state index is 0.686. The molecule has 6 aromatic heterocycles. The zero-order valence-electron chi connectivity index (χ0n) is 78.8. The van der Waals surface area contributed by atoms with Gasteiger partial charge in [-0.15, -0.1) is 0 Å². The molecule has 0 atom stereocenters. The Hall–Kier alpha value is -19.5. The van der Waals surface area contributed by atoms with Gasteiger partial charge in [-0.05, 0) is 172 Å². The fourth-order valence-corrected chi connectivity index (χ4v) is 21.9. The maximum atomic E-state index is 5.24. The summed E-state index contributed by atoms with van der Waals surface area (Å²) in [5.41, 5.74) is 27.3. The molecule has 676 valence electrons. The van der Waals surface area contributed by atoms with Crippen LogP contribution in [-0.2, 0) is 0 Å². The third-order valence-electron chi connectivity index (χ3n) is 28.5. The van der Waals surface area contributed by atoms with Gasteiger partial charge >= 0.3 is 0 Å². The highest BCUT2D eigenvalue weighted by molar-refractivity contribution is 6.32. The van der Waals surface area contributed by atoms with E-state index in [0.29, 0.717) is 17.5 Å². The minimum Gasteiger partial charge on any atom is -0.309 e. The molecule has 9 heteroatoms. The lowest BCUT2D eigenvalue weighted by molar-refractivity contribution is 1.16. The van der Waals surface area contributed by atoms with Crippen molar-refractivity contribution in [1.29, 1.82) is 0 Å². The van der Waals surface area contributed by atoms with E-state index in [1.807, 2.05) is 48.5 Å². The Morgan fingerprint density at radius 1 is 0.131 bits per heavy atom. The molecule has 0 bridgehead atoms. The van der Waals surface area contributed by atoms with Gasteiger partial charge in [0.15, 0.2) is 17.5 Å². The lowest BCUT2D eigenvalue weighted by Gasteiger charge is -2.15. The van der Waals surface area contributed by atoms with Crippen LogP contribution < -0.4 is 0 Å². The molecule has 0 aliphatic heterocycles. The smallest absolute Gasteiger partial charge is 0.161 e. The van der Waals surface area contributed by atoms with Crippen molar-refractivity contribution in [2.45, 2.75) is 0 Å². The quantitative estimate of drug-likeness (QED) is 0.114. The van der Waals surface area contributed by atoms with Gasteiger partial charge < -0.3 is 13.7 Å². The second kappa shape index (κ2) is 36.1. The van der Waals surface area contributed by atoms with Crippen molar-refractivity contribution in [3.63, 3.8) is 0 Å². The van der Waals surface area contributed by atoms with E-state index in [1.165, 1.54) is 130 Å². The van der Waals surface area contributed by atoms with Crippen molar-refractivity contribution in [2.75, 3.05) is 0 Å². The van der Waals surface area contributed by atoms with Crippen molar-refractivity contribution in [1.82, 2.24) is 43.6 Å². The SMILES string of the molecule is c1ccc(-c2cc(-c3cccc(-n4c5ccc6ccccc6c5c5c6ccccc6ccc54)c3)nc(-c3ccccc3)n2)cc1.c1ccc(-c2cc(-c3ccccc3)nc(-c3cccc4c(-n5c6ccc7ccccc7c6c6c7ccccc7ccc65)cccc34)n2)cc1.c1ccc(-c2cc(-c3nc(-c4ccccc4)cc(-c4ccccc4)n3)cc(-n3c4ccc5ccccc5c4c4c5ccccc5ccc43)c2)cc1. The lowest BCUT2D eigenvalue weighted by Crippen LogP contribution is -1.99. The molecule has 9 nitrogen and oxygen atoms in total. The largest absolute Gasteiger partial charge is 0.309 e. The van der Waals surface area contributed by atoms with Crippen LogP contribution in [0.25, 0.3) is 271 Å². The number of fused-ring (bicyclic) bond motifs is 22. The summed E-state index contributed by atoms with van der Waals surface area (Å²) >= 11 is 0. The molecule has 0 saturated carbocycles. The van der Waals surface area contributed by atoms with E-state index in [1.54, 1.807) is 0 Å². The van der Waals surface area contributed by atoms with E-state index in [9.17, 15) is 0 Å². The molecule has 6 heterocycles. The van der Waals surface area contributed by atoms with Gasteiger partial charge in [0.05, 0.1) is 73.0 Å². The fraction of sp³-hybridized carbons (Fsp3) is 0. The van der Waals surface area contributed by atoms with Gasteiger partial charge in [0.1, 0.15) is 0 Å². The molecule has 0 N–H and O–H groups in total. The Morgan fingerprint density at radius 3 is 0.738 bits per heavy atom. The summed E-state index contributed by atoms with van der Waals surface area (Å²) in [5.74, 6) is 2.11. The van der Waals surface area contributed by atoms with Gasteiger partial charge in [-0.25, -0.2) is 29.9 Å². The van der Waals surface area contributed by atoms with Crippen LogP contribution in [0, 0.1) is 0 Å². The minimum atomic E-state index is 0.686. The molecule has 145 heavy (non-hydrogen) atoms. The standard InChI is InChI=1S/C48H31N3.C46H29N3.C42H27N3/c1-4-14-32(15-5-1)37-28-38(48-49-42(35-18-6-2-7-19-35)31-43(50-48)36-20-8-3-9-21-36)30-39(29-37)51-44-26-24-33-16-10-12-22-40(33)46(44)47-41-23-13-11-17-34(41)25-27-45(47)51;1-3-15-32(16-4-1)39-29-40(33-17-5-2-6-18-33)48-46(47-39)38-23-11-22-37-36(38)21-12-24-41(37)49-42-27-25-30-13-7-9-19-34(30)44(42)45-35-20-10-8-14-31(35)26-28-43(45)49;1-3-14-30(15-4-1)36-27-37(44-42(43-36)31-16-5-2-6-17-31)32-18-11-19-33(26-32)45-38-24-22-28-12-7-9-20-34(28)40(38)41-35-21-10-8-13-29(35)23-25-39(41)45/h1-31H;1-29H;1-27H. The Bertz CT molecular complexity index is 9680. The second-order valence-corrected chi connectivity index (χ2v) is 37.0. The van der Waals surface area contributed by atoms with Crippen molar-refractivity contribution in [3.05, 3.63) is 528 Å². The third kappa shape index (κ3) is 15.2. The Balaban J connectivity index is 0.000000108. The molecule has 0 fully saturated rings. The molecule has 23 aromatic carbocycles. The summed E-state index contributed by atoms with van der Waals surface area (Å²) in [7, 11) is 0. The summed E-state index contributed by atoms with van der Waals surface area (Å²) in [4.78, 5) is 31.0. The van der Waals surface area contributed by atoms with Gasteiger partial charge in [-0.3, -0.25) is 0 Å². The summed E-state index contributed by atoms with van der Waals surface area (Å²) in [6.45, 7) is 0. The Kier molecular flexibility index (Phi) is 21.1. The molecule has 0 spiro atoms. The van der Waals surface area contributed by atoms with Gasteiger partial charge in [-0.1, -0.05) is 437 Å². The number of nitrogens with zero attached hydrogens (tertiary/aromatic N) is 9. The lowest BCUT2D eigenvalue weighted by atomic mass is 10.00. The number of benzene rings is 23. The van der Waals surface area contributed by atoms with E-state index in [4.69, 9.17) is 29.9 Å². The molecular weight excluding hydrogens is 1760 g/mol. The van der Waals surface area contributed by atoms with E-state index in [-0.39, 0.29) is 0 Å². The molecule has 0 aliphatic rings. The van der Waals surface area contributed by atoms with Gasteiger partial charge in [0.2, 0.25) is 0 Å². The molecular formula is C136H87N9. The highest BCUT2D eigenvalue weighted by Gasteiger charge is 2.26. The van der Waals surface area contributed by atoms with Crippen LogP contribution in [0.5, 0.6) is 0 Å². The molecule has 0 saturated heterocycles. The predicted molar refractivity (Wildman–Crippen MR) is 606 cm³/mol. The zero-order valence-corrected chi connectivity index (χ0v) is 78.8. The Morgan fingerprint density at radius 2 is 0.379 bits per heavy atom. The van der Waals surface area contributed by atoms with Crippen molar-refractivity contribution < 1.29 is 0 Å². The molecule has 0 amide bonds. The van der Waals surface area contributed by atoms with Crippen LogP contribution in [0.2, 0.25) is 0 Å². The molecule has 29 aromatic rings. The van der Waals surface area contributed by atoms with E-state index in [2.05, 4.69) is 493 Å². The molecule has 29 rings (SSSR count). The first kappa shape index (κ1) is 84.8. The normalized spacial score (nSPS) is 11.6. The van der Waals surface area contributed by atoms with Crippen molar-refractivity contribution in [3.8, 4) is 130 Å². The Labute approximate surface area is 836 Å². The molecule has 0 aliphatic carbocycles. The maximum absolute atomic E-state index is 5.24. The first-order valence-corrected chi connectivity index (χ1v) is 49.3. The topological polar surface area (TPSA) is 92.1 Å². The summed E-state index contributed by atoms with van der Waals surface area (Å²) < 4.78 is 7.29. The van der Waals surface area contributed by atoms with Crippen LogP contribution >= 0.6 is 0 Å². The highest BCUT2D eigenvalue weighted by atomic mass is 15.0. The van der Waals surface area contributed by atoms with Crippen LogP contribution in [0.15, 0.2) is 528 Å². The van der Waals surface area contributed by atoms with Gasteiger partial charge in [0, 0.05) is 99.1 Å². The van der Waals surface area contributed by atoms with E-state index in [0.717, 1.165) is 123 Å². The number of hydrogen-bond acceptors (Lipinski definition) is 6. The van der Waals surface area contributed by atoms with Crippen LogP contribution in [0.3, 0.4) is 0 Å². The van der Waals surface area contributed by atoms with Crippen LogP contribution in [-0.4, -0.2) is 43.6 Å². The second-order valence-electron chi connectivity index (χ2n) is 37.0. The first-order chi connectivity index (χ1) is 71.9. The van der Waals surface area contributed by atoms with Gasteiger partial charge in [0.25, 0.3) is 0 Å². The van der Waals surface area contributed by atoms with E-state index < -0.39 is 0 Å². The van der Waals surface area contributed by atoms with Crippen LogP contribution in [0.1, 0.15) is 0 Å². The van der Waals surface area contributed by atoms with Gasteiger partial charge in [-0.2, -0.15) is 0 Å². The van der Waals surface area contributed by atoms with Crippen LogP contribution in [0.4, 0.5) is 0 Å². The predicted octanol–water partition coefficient (Wildman–Crippen LogP) is 35.5. The number of hydrogen-bond donors (Lipinski definition) is 0. The number of aromatic nitrogens is 9. The maximum Gasteiger partial charge on any atom is 0.161 e. The number of rotatable bonds is 13. The monoisotopic (exact) mass is 1850 g/mol. The van der Waals surface area contributed by atoms with Crippen molar-refractivity contribution in [2.24, 2.45) is 0 Å². The summed E-state index contributed by atoms with van der Waals surface area (Å²) in [6.07, 6.45) is 0. The average molecular weight is 1850 g/mol. The molecule has 0 radical (unpaired) electrons. The van der Waals surface area contributed by atoms with Crippen molar-refractivity contribution >= 4 is 141 Å². The first-order valence-electron chi connectivity index (χ1n) is 49.3. The zero-order chi connectivity index (χ0) is 95.8. The fourth-order valence-electron chi connectivity index (χ4n) is 21.9. The average Bonchev–Trinajstić information content (AvgIpc) is 1.56. The summed E-state index contributed by atoms with van der Waals surface area (Å²) in [6, 6.07) is 187.